The second kappa shape index (κ2) is 4.42. The summed E-state index contributed by atoms with van der Waals surface area (Å²) in [6, 6.07) is 0. The molecule has 0 aromatic heterocycles. The first-order valence-corrected chi connectivity index (χ1v) is 4.20. The molecule has 1 rings (SSSR count). The molecule has 0 aliphatic carbocycles. The Bertz CT molecular complexity index is 151. The van der Waals surface area contributed by atoms with E-state index in [2.05, 4.69) is 0 Å². The number of aliphatic carboxylic acids is 1. The zero-order valence-corrected chi connectivity index (χ0v) is 7.16. The predicted molar refractivity (Wildman–Crippen MR) is 41.8 cm³/mol. The number of ether oxygens (including phenoxy) is 2. The number of carboxylic acid groups (broad SMARTS) is 1. The van der Waals surface area contributed by atoms with E-state index >= 15 is 0 Å². The predicted octanol–water partition coefficient (Wildman–Crippen LogP) is 1.00. The lowest BCUT2D eigenvalue weighted by atomic mass is 10.2. The maximum atomic E-state index is 10.4. The van der Waals surface area contributed by atoms with Gasteiger partial charge in [-0.15, -0.1) is 0 Å². The van der Waals surface area contributed by atoms with Crippen LogP contribution in [0.2, 0.25) is 0 Å². The third kappa shape index (κ3) is 2.79. The third-order valence-corrected chi connectivity index (χ3v) is 1.84. The van der Waals surface area contributed by atoms with E-state index in [0.29, 0.717) is 6.61 Å². The van der Waals surface area contributed by atoms with Crippen molar-refractivity contribution in [3.8, 4) is 0 Å². The van der Waals surface area contributed by atoms with Gasteiger partial charge in [-0.2, -0.15) is 0 Å². The molecule has 0 radical (unpaired) electrons. The first kappa shape index (κ1) is 9.48. The number of rotatable bonds is 3. The van der Waals surface area contributed by atoms with Crippen LogP contribution in [-0.4, -0.2) is 30.1 Å². The van der Waals surface area contributed by atoms with E-state index in [9.17, 15) is 4.79 Å². The minimum absolute atomic E-state index is 0.315. The van der Waals surface area contributed by atoms with E-state index in [-0.39, 0.29) is 6.29 Å². The molecule has 0 aromatic carbocycles. The second-order valence-electron chi connectivity index (χ2n) is 2.91. The Morgan fingerprint density at radius 3 is 2.92 bits per heavy atom. The highest BCUT2D eigenvalue weighted by molar-refractivity contribution is 5.71. The molecule has 1 fully saturated rings. The first-order valence-electron chi connectivity index (χ1n) is 4.20. The first-order chi connectivity index (χ1) is 5.70. The van der Waals surface area contributed by atoms with Crippen LogP contribution in [0.3, 0.4) is 0 Å². The molecule has 1 aliphatic rings. The van der Waals surface area contributed by atoms with Gasteiger partial charge in [0.15, 0.2) is 12.4 Å². The summed E-state index contributed by atoms with van der Waals surface area (Å²) in [5.74, 6) is -0.941. The Hall–Kier alpha value is -0.610. The van der Waals surface area contributed by atoms with E-state index < -0.39 is 12.1 Å². The fourth-order valence-electron chi connectivity index (χ4n) is 1.10. The molecule has 0 bridgehead atoms. The normalized spacial score (nSPS) is 26.6. The molecule has 2 atom stereocenters. The average Bonchev–Trinajstić information content (AvgIpc) is 2.06. The van der Waals surface area contributed by atoms with Crippen molar-refractivity contribution in [1.29, 1.82) is 0 Å². The van der Waals surface area contributed by atoms with Crippen molar-refractivity contribution in [3.05, 3.63) is 0 Å². The largest absolute Gasteiger partial charge is 0.479 e. The molecular weight excluding hydrogens is 160 g/mol. The van der Waals surface area contributed by atoms with Gasteiger partial charge in [-0.25, -0.2) is 4.79 Å². The Morgan fingerprint density at radius 1 is 1.67 bits per heavy atom. The Morgan fingerprint density at radius 2 is 2.42 bits per heavy atom. The molecule has 0 spiro atoms. The SMILES string of the molecule is C[C@H](O[C@H]1CCCCO1)C(=O)O. The van der Waals surface area contributed by atoms with Crippen molar-refractivity contribution in [2.45, 2.75) is 38.6 Å². The third-order valence-electron chi connectivity index (χ3n) is 1.84. The highest BCUT2D eigenvalue weighted by Crippen LogP contribution is 2.15. The van der Waals surface area contributed by atoms with Crippen LogP contribution in [0.15, 0.2) is 0 Å². The topological polar surface area (TPSA) is 55.8 Å². The summed E-state index contributed by atoms with van der Waals surface area (Å²) in [6.07, 6.45) is 1.81. The van der Waals surface area contributed by atoms with Crippen LogP contribution in [0.1, 0.15) is 26.2 Å². The van der Waals surface area contributed by atoms with Gasteiger partial charge in [0.25, 0.3) is 0 Å². The number of carboxylic acids is 1. The lowest BCUT2D eigenvalue weighted by Crippen LogP contribution is -2.30. The van der Waals surface area contributed by atoms with Gasteiger partial charge in [0.2, 0.25) is 0 Å². The minimum atomic E-state index is -0.941. The molecule has 1 N–H and O–H groups in total. The van der Waals surface area contributed by atoms with Crippen LogP contribution >= 0.6 is 0 Å². The maximum absolute atomic E-state index is 10.4. The molecule has 0 aromatic rings. The van der Waals surface area contributed by atoms with Gasteiger partial charge in [-0.1, -0.05) is 0 Å². The van der Waals surface area contributed by atoms with Crippen LogP contribution in [0.25, 0.3) is 0 Å². The van der Waals surface area contributed by atoms with Crippen molar-refractivity contribution in [2.24, 2.45) is 0 Å². The summed E-state index contributed by atoms with van der Waals surface area (Å²) >= 11 is 0. The van der Waals surface area contributed by atoms with Crippen LogP contribution in [-0.2, 0) is 14.3 Å². The van der Waals surface area contributed by atoms with Crippen molar-refractivity contribution < 1.29 is 19.4 Å². The summed E-state index contributed by atoms with van der Waals surface area (Å²) in [6.45, 7) is 2.19. The summed E-state index contributed by atoms with van der Waals surface area (Å²) in [5.41, 5.74) is 0. The molecule has 1 heterocycles. The fourth-order valence-corrected chi connectivity index (χ4v) is 1.10. The van der Waals surface area contributed by atoms with Crippen LogP contribution in [0, 0.1) is 0 Å². The smallest absolute Gasteiger partial charge is 0.332 e. The number of hydrogen-bond donors (Lipinski definition) is 1. The van der Waals surface area contributed by atoms with E-state index in [1.165, 1.54) is 6.92 Å². The van der Waals surface area contributed by atoms with Gasteiger partial charge >= 0.3 is 5.97 Å². The Balaban J connectivity index is 2.24. The zero-order chi connectivity index (χ0) is 8.97. The molecule has 1 aliphatic heterocycles. The minimum Gasteiger partial charge on any atom is -0.479 e. The molecule has 4 heteroatoms. The van der Waals surface area contributed by atoms with Crippen molar-refractivity contribution in [2.75, 3.05) is 6.61 Å². The zero-order valence-electron chi connectivity index (χ0n) is 7.16. The van der Waals surface area contributed by atoms with Gasteiger partial charge in [0.05, 0.1) is 0 Å². The molecule has 0 unspecified atom stereocenters. The highest BCUT2D eigenvalue weighted by Gasteiger charge is 2.20. The number of hydrogen-bond acceptors (Lipinski definition) is 3. The van der Waals surface area contributed by atoms with E-state index in [1.54, 1.807) is 0 Å². The molecule has 70 valence electrons. The lowest BCUT2D eigenvalue weighted by molar-refractivity contribution is -0.197. The molecule has 4 nitrogen and oxygen atoms in total. The van der Waals surface area contributed by atoms with E-state index in [1.807, 2.05) is 0 Å². The van der Waals surface area contributed by atoms with Crippen molar-refractivity contribution in [1.82, 2.24) is 0 Å². The van der Waals surface area contributed by atoms with Gasteiger partial charge in [-0.3, -0.25) is 0 Å². The lowest BCUT2D eigenvalue weighted by Gasteiger charge is -2.24. The molecular formula is C8H14O4. The van der Waals surface area contributed by atoms with Gasteiger partial charge in [0.1, 0.15) is 0 Å². The van der Waals surface area contributed by atoms with Gasteiger partial charge < -0.3 is 14.6 Å². The molecule has 12 heavy (non-hydrogen) atoms. The van der Waals surface area contributed by atoms with E-state index in [4.69, 9.17) is 14.6 Å². The quantitative estimate of drug-likeness (QED) is 0.693. The second-order valence-corrected chi connectivity index (χ2v) is 2.91. The monoisotopic (exact) mass is 174 g/mol. The summed E-state index contributed by atoms with van der Waals surface area (Å²) in [5, 5.41) is 8.53. The number of carbonyl (C=O) groups is 1. The Kier molecular flexibility index (Phi) is 3.49. The Labute approximate surface area is 71.5 Å². The van der Waals surface area contributed by atoms with Gasteiger partial charge in [0, 0.05) is 6.61 Å². The molecule has 1 saturated heterocycles. The van der Waals surface area contributed by atoms with Crippen molar-refractivity contribution >= 4 is 5.97 Å². The molecule has 0 amide bonds. The summed E-state index contributed by atoms with van der Waals surface area (Å²) in [7, 11) is 0. The fraction of sp³-hybridized carbons (Fsp3) is 0.875. The van der Waals surface area contributed by atoms with Crippen LogP contribution in [0.4, 0.5) is 0 Å². The van der Waals surface area contributed by atoms with Crippen LogP contribution in [0.5, 0.6) is 0 Å². The summed E-state index contributed by atoms with van der Waals surface area (Å²) < 4.78 is 10.3. The van der Waals surface area contributed by atoms with E-state index in [0.717, 1.165) is 19.3 Å². The van der Waals surface area contributed by atoms with Gasteiger partial charge in [-0.05, 0) is 26.2 Å². The average molecular weight is 174 g/mol. The maximum Gasteiger partial charge on any atom is 0.332 e. The van der Waals surface area contributed by atoms with Crippen molar-refractivity contribution in [3.63, 3.8) is 0 Å². The standard InChI is InChI=1S/C8H14O4/c1-6(8(9)10)12-7-4-2-3-5-11-7/h6-7H,2-5H2,1H3,(H,9,10)/t6-,7-/m0/s1. The molecule has 0 saturated carbocycles. The summed E-state index contributed by atoms with van der Waals surface area (Å²) in [4.78, 5) is 10.4. The van der Waals surface area contributed by atoms with Crippen LogP contribution < -0.4 is 0 Å². The highest BCUT2D eigenvalue weighted by atomic mass is 16.7.